The van der Waals surface area contributed by atoms with Crippen LogP contribution >= 0.6 is 11.3 Å². The molecule has 0 bridgehead atoms. The van der Waals surface area contributed by atoms with Gasteiger partial charge in [0.15, 0.2) is 0 Å². The normalized spacial score (nSPS) is 19.0. The zero-order valence-electron chi connectivity index (χ0n) is 12.2. The van der Waals surface area contributed by atoms with E-state index in [2.05, 4.69) is 23.6 Å². The first kappa shape index (κ1) is 15.0. The summed E-state index contributed by atoms with van der Waals surface area (Å²) in [6, 6.07) is 2.27. The molecule has 1 amide bonds. The lowest BCUT2D eigenvalue weighted by molar-refractivity contribution is -0.119. The van der Waals surface area contributed by atoms with Crippen LogP contribution in [-0.4, -0.2) is 19.5 Å². The molecule has 2 atom stereocenters. The second-order valence-corrected chi connectivity index (χ2v) is 6.72. The van der Waals surface area contributed by atoms with Crippen molar-refractivity contribution >= 4 is 22.2 Å². The molecular formula is C15H21N3OS. The van der Waals surface area contributed by atoms with Crippen LogP contribution in [0, 0.1) is 23.2 Å². The maximum atomic E-state index is 12.1. The van der Waals surface area contributed by atoms with Gasteiger partial charge in [0.2, 0.25) is 5.91 Å². The maximum absolute atomic E-state index is 12.1. The van der Waals surface area contributed by atoms with Crippen LogP contribution in [0.3, 0.4) is 0 Å². The van der Waals surface area contributed by atoms with Gasteiger partial charge in [0.25, 0.3) is 0 Å². The van der Waals surface area contributed by atoms with Crippen LogP contribution < -0.4 is 10.6 Å². The quantitative estimate of drug-likeness (QED) is 0.896. The monoisotopic (exact) mass is 291 g/mol. The van der Waals surface area contributed by atoms with E-state index >= 15 is 0 Å². The van der Waals surface area contributed by atoms with Gasteiger partial charge in [0, 0.05) is 17.3 Å². The minimum Gasteiger partial charge on any atom is -0.319 e. The van der Waals surface area contributed by atoms with E-state index in [1.165, 1.54) is 4.88 Å². The minimum absolute atomic E-state index is 0.0255. The Morgan fingerprint density at radius 3 is 3.00 bits per heavy atom. The number of fused-ring (bicyclic) bond motifs is 1. The number of nitriles is 1. The molecule has 0 saturated heterocycles. The summed E-state index contributed by atoms with van der Waals surface area (Å²) in [6.45, 7) is 4.76. The fourth-order valence-corrected chi connectivity index (χ4v) is 3.96. The van der Waals surface area contributed by atoms with Gasteiger partial charge >= 0.3 is 0 Å². The summed E-state index contributed by atoms with van der Waals surface area (Å²) in [5, 5.41) is 16.0. The van der Waals surface area contributed by atoms with Crippen molar-refractivity contribution < 1.29 is 4.79 Å². The molecule has 1 aromatic heterocycles. The fourth-order valence-electron chi connectivity index (χ4n) is 2.59. The Morgan fingerprint density at radius 2 is 2.35 bits per heavy atom. The first-order chi connectivity index (χ1) is 9.56. The molecule has 2 rings (SSSR count). The lowest BCUT2D eigenvalue weighted by atomic mass is 9.88. The molecular weight excluding hydrogens is 270 g/mol. The zero-order valence-corrected chi connectivity index (χ0v) is 13.1. The Bertz CT molecular complexity index is 544. The standard InChI is InChI=1S/C15H21N3OS/c1-9-4-5-11-12(7-16)15(20-13(11)6-9)18-14(19)10(2)8-17-3/h9-10,17H,4-6,8H2,1-3H3,(H,18,19). The molecule has 0 fully saturated rings. The average Bonchev–Trinajstić information content (AvgIpc) is 2.74. The van der Waals surface area contributed by atoms with Crippen molar-refractivity contribution in [3.63, 3.8) is 0 Å². The van der Waals surface area contributed by atoms with Crippen molar-refractivity contribution in [1.29, 1.82) is 5.26 Å². The number of thiophene rings is 1. The van der Waals surface area contributed by atoms with Gasteiger partial charge in [0.05, 0.1) is 5.56 Å². The number of anilines is 1. The Morgan fingerprint density at radius 1 is 1.60 bits per heavy atom. The van der Waals surface area contributed by atoms with Gasteiger partial charge < -0.3 is 10.6 Å². The summed E-state index contributed by atoms with van der Waals surface area (Å²) in [4.78, 5) is 13.4. The van der Waals surface area contributed by atoms with E-state index in [1.54, 1.807) is 11.3 Å². The molecule has 0 aliphatic heterocycles. The summed E-state index contributed by atoms with van der Waals surface area (Å²) in [5.74, 6) is 0.534. The van der Waals surface area contributed by atoms with Gasteiger partial charge in [-0.1, -0.05) is 13.8 Å². The van der Waals surface area contributed by atoms with Crippen LogP contribution in [-0.2, 0) is 17.6 Å². The largest absolute Gasteiger partial charge is 0.319 e. The predicted octanol–water partition coefficient (Wildman–Crippen LogP) is 2.54. The van der Waals surface area contributed by atoms with Crippen LogP contribution in [0.5, 0.6) is 0 Å². The Balaban J connectivity index is 2.21. The molecule has 4 nitrogen and oxygen atoms in total. The third kappa shape index (κ3) is 3.02. The summed E-state index contributed by atoms with van der Waals surface area (Å²) in [7, 11) is 1.83. The number of carbonyl (C=O) groups excluding carboxylic acids is 1. The van der Waals surface area contributed by atoms with E-state index in [-0.39, 0.29) is 11.8 Å². The van der Waals surface area contributed by atoms with Crippen molar-refractivity contribution in [1.82, 2.24) is 5.32 Å². The summed E-state index contributed by atoms with van der Waals surface area (Å²) in [5.41, 5.74) is 1.84. The molecule has 1 aromatic rings. The van der Waals surface area contributed by atoms with E-state index in [4.69, 9.17) is 0 Å². The molecule has 0 aromatic carbocycles. The Hall–Kier alpha value is -1.38. The van der Waals surface area contributed by atoms with E-state index in [0.29, 0.717) is 18.0 Å². The highest BCUT2D eigenvalue weighted by Crippen LogP contribution is 2.39. The molecule has 0 radical (unpaired) electrons. The van der Waals surface area contributed by atoms with Crippen LogP contribution in [0.25, 0.3) is 0 Å². The molecule has 2 unspecified atom stereocenters. The van der Waals surface area contributed by atoms with E-state index in [0.717, 1.165) is 29.8 Å². The smallest absolute Gasteiger partial charge is 0.229 e. The maximum Gasteiger partial charge on any atom is 0.229 e. The lowest BCUT2D eigenvalue weighted by Crippen LogP contribution is -2.28. The highest BCUT2D eigenvalue weighted by atomic mass is 32.1. The van der Waals surface area contributed by atoms with Crippen LogP contribution in [0.2, 0.25) is 0 Å². The molecule has 2 N–H and O–H groups in total. The fraction of sp³-hybridized carbons (Fsp3) is 0.600. The number of nitrogens with zero attached hydrogens (tertiary/aromatic N) is 1. The number of hydrogen-bond acceptors (Lipinski definition) is 4. The van der Waals surface area contributed by atoms with Crippen LogP contribution in [0.1, 0.15) is 36.3 Å². The first-order valence-electron chi connectivity index (χ1n) is 7.06. The number of hydrogen-bond donors (Lipinski definition) is 2. The Kier molecular flexibility index (Phi) is 4.79. The third-order valence-electron chi connectivity index (χ3n) is 3.82. The minimum atomic E-state index is -0.107. The highest BCUT2D eigenvalue weighted by molar-refractivity contribution is 7.16. The summed E-state index contributed by atoms with van der Waals surface area (Å²) < 4.78 is 0. The van der Waals surface area contributed by atoms with Crippen molar-refractivity contribution in [2.75, 3.05) is 18.9 Å². The van der Waals surface area contributed by atoms with Gasteiger partial charge in [-0.15, -0.1) is 11.3 Å². The molecule has 0 saturated carbocycles. The number of amides is 1. The first-order valence-corrected chi connectivity index (χ1v) is 7.88. The molecule has 108 valence electrons. The lowest BCUT2D eigenvalue weighted by Gasteiger charge is -2.17. The SMILES string of the molecule is CNCC(C)C(=O)Nc1sc2c(c1C#N)CCC(C)C2. The van der Waals surface area contributed by atoms with Crippen LogP contribution in [0.4, 0.5) is 5.00 Å². The van der Waals surface area contributed by atoms with Crippen LogP contribution in [0.15, 0.2) is 0 Å². The second kappa shape index (κ2) is 6.38. The van der Waals surface area contributed by atoms with Gasteiger partial charge in [-0.05, 0) is 37.8 Å². The number of nitrogens with one attached hydrogen (secondary N) is 2. The van der Waals surface area contributed by atoms with Gasteiger partial charge in [0.1, 0.15) is 11.1 Å². The van der Waals surface area contributed by atoms with Gasteiger partial charge in [-0.3, -0.25) is 4.79 Å². The van der Waals surface area contributed by atoms with E-state index in [9.17, 15) is 10.1 Å². The molecule has 20 heavy (non-hydrogen) atoms. The molecule has 1 heterocycles. The second-order valence-electron chi connectivity index (χ2n) is 5.62. The molecule has 0 spiro atoms. The summed E-state index contributed by atoms with van der Waals surface area (Å²) in [6.07, 6.45) is 3.11. The predicted molar refractivity (Wildman–Crippen MR) is 81.9 cm³/mol. The number of rotatable bonds is 4. The third-order valence-corrected chi connectivity index (χ3v) is 4.99. The zero-order chi connectivity index (χ0) is 14.7. The van der Waals surface area contributed by atoms with Crippen molar-refractivity contribution in [3.8, 4) is 6.07 Å². The topological polar surface area (TPSA) is 64.9 Å². The Labute approximate surface area is 124 Å². The molecule has 5 heteroatoms. The highest BCUT2D eigenvalue weighted by Gasteiger charge is 2.25. The summed E-state index contributed by atoms with van der Waals surface area (Å²) >= 11 is 1.58. The van der Waals surface area contributed by atoms with Crippen molar-refractivity contribution in [2.24, 2.45) is 11.8 Å². The van der Waals surface area contributed by atoms with Gasteiger partial charge in [-0.25, -0.2) is 0 Å². The van der Waals surface area contributed by atoms with Gasteiger partial charge in [-0.2, -0.15) is 5.26 Å². The molecule has 1 aliphatic carbocycles. The number of carbonyl (C=O) groups is 1. The molecule has 1 aliphatic rings. The average molecular weight is 291 g/mol. The van der Waals surface area contributed by atoms with Crippen molar-refractivity contribution in [3.05, 3.63) is 16.0 Å². The van der Waals surface area contributed by atoms with E-state index < -0.39 is 0 Å². The van der Waals surface area contributed by atoms with E-state index in [1.807, 2.05) is 14.0 Å². The van der Waals surface area contributed by atoms with Crippen molar-refractivity contribution in [2.45, 2.75) is 33.1 Å².